The number of likely N-dealkylation sites (tertiary alicyclic amines) is 1. The van der Waals surface area contributed by atoms with E-state index in [-0.39, 0.29) is 18.7 Å². The monoisotopic (exact) mass is 418 g/mol. The van der Waals surface area contributed by atoms with E-state index in [0.29, 0.717) is 0 Å². The number of rotatable bonds is 2. The van der Waals surface area contributed by atoms with Crippen molar-refractivity contribution >= 4 is 23.8 Å². The van der Waals surface area contributed by atoms with Crippen LogP contribution in [0.3, 0.4) is 0 Å². The van der Waals surface area contributed by atoms with Crippen LogP contribution < -0.4 is 5.32 Å². The molecule has 0 bridgehead atoms. The van der Waals surface area contributed by atoms with Gasteiger partial charge < -0.3 is 19.7 Å². The predicted octanol–water partition coefficient (Wildman–Crippen LogP) is 4.59. The summed E-state index contributed by atoms with van der Waals surface area (Å²) < 4.78 is 38.8. The van der Waals surface area contributed by atoms with E-state index in [2.05, 4.69) is 5.32 Å². The van der Waals surface area contributed by atoms with Crippen LogP contribution in [0.15, 0.2) is 12.1 Å². The quantitative estimate of drug-likeness (QED) is 0.713. The first-order chi connectivity index (χ1) is 12.6. The lowest BCUT2D eigenvalue weighted by Gasteiger charge is -2.50. The zero-order chi connectivity index (χ0) is 21.5. The lowest BCUT2D eigenvalue weighted by atomic mass is 9.82. The minimum Gasteiger partial charge on any atom is -0.444 e. The Bertz CT molecular complexity index is 781. The molecule has 0 aliphatic carbocycles. The Morgan fingerprint density at radius 3 is 2.11 bits per heavy atom. The molecule has 0 unspecified atom stereocenters. The second-order valence-corrected chi connectivity index (χ2v) is 9.15. The molecule has 0 aromatic heterocycles. The maximum absolute atomic E-state index is 14.7. The second-order valence-electron chi connectivity index (χ2n) is 8.77. The molecular weight excluding hydrogens is 394 g/mol. The maximum Gasteiger partial charge on any atom is 0.410 e. The van der Waals surface area contributed by atoms with Crippen molar-refractivity contribution in [1.29, 1.82) is 0 Å². The number of carbonyl (C=O) groups is 2. The molecule has 156 valence electrons. The van der Waals surface area contributed by atoms with E-state index in [9.17, 15) is 18.4 Å². The third-order valence-electron chi connectivity index (χ3n) is 3.86. The van der Waals surface area contributed by atoms with Crippen LogP contribution in [0.25, 0.3) is 0 Å². The van der Waals surface area contributed by atoms with Gasteiger partial charge in [0.15, 0.2) is 0 Å². The molecule has 6 nitrogen and oxygen atoms in total. The van der Waals surface area contributed by atoms with Gasteiger partial charge in [0.25, 0.3) is 0 Å². The summed E-state index contributed by atoms with van der Waals surface area (Å²) in [6.07, 6.45) is -1.40. The summed E-state index contributed by atoms with van der Waals surface area (Å²) in [6, 6.07) is 2.20. The summed E-state index contributed by atoms with van der Waals surface area (Å²) in [5.74, 6) is -1.92. The smallest absolute Gasteiger partial charge is 0.410 e. The van der Waals surface area contributed by atoms with Gasteiger partial charge in [-0.3, -0.25) is 0 Å². The maximum atomic E-state index is 14.7. The molecule has 0 radical (unpaired) electrons. The van der Waals surface area contributed by atoms with Crippen LogP contribution >= 0.6 is 11.6 Å². The third-order valence-corrected chi connectivity index (χ3v) is 4.21. The van der Waals surface area contributed by atoms with Crippen molar-refractivity contribution in [2.75, 3.05) is 13.1 Å². The Balaban J connectivity index is 2.31. The first-order valence-electron chi connectivity index (χ1n) is 8.77. The van der Waals surface area contributed by atoms with Crippen molar-refractivity contribution in [3.05, 3.63) is 34.4 Å². The number of carbonyl (C=O) groups excluding carboxylic acids is 2. The highest BCUT2D eigenvalue weighted by atomic mass is 35.5. The van der Waals surface area contributed by atoms with Gasteiger partial charge in [-0.15, -0.1) is 0 Å². The highest BCUT2D eigenvalue weighted by molar-refractivity contribution is 6.31. The molecule has 2 rings (SSSR count). The van der Waals surface area contributed by atoms with Crippen molar-refractivity contribution in [1.82, 2.24) is 10.2 Å². The third kappa shape index (κ3) is 5.04. The van der Waals surface area contributed by atoms with E-state index in [4.69, 9.17) is 21.1 Å². The van der Waals surface area contributed by atoms with Crippen LogP contribution in [0, 0.1) is 11.6 Å². The van der Waals surface area contributed by atoms with Crippen LogP contribution in [0.2, 0.25) is 5.02 Å². The number of alkyl carbamates (subject to hydrolysis) is 1. The van der Waals surface area contributed by atoms with Crippen LogP contribution in [0.4, 0.5) is 18.4 Å². The number of halogens is 3. The number of hydrogen-bond donors (Lipinski definition) is 1. The number of amides is 2. The molecule has 1 aliphatic heterocycles. The normalized spacial score (nSPS) is 16.2. The summed E-state index contributed by atoms with van der Waals surface area (Å²) >= 11 is 5.70. The standard InChI is InChI=1S/C19H25ClF2N2O4/c1-17(2,3)27-15(25)23-19(11-7-8-12(21)13(20)14(11)22)9-24(10-19)16(26)28-18(4,5)6/h7-8H,9-10H2,1-6H3,(H,23,25). The lowest BCUT2D eigenvalue weighted by molar-refractivity contribution is -0.0238. The van der Waals surface area contributed by atoms with Gasteiger partial charge in [-0.1, -0.05) is 17.7 Å². The van der Waals surface area contributed by atoms with Crippen LogP contribution in [0.1, 0.15) is 47.1 Å². The fourth-order valence-electron chi connectivity index (χ4n) is 2.77. The molecule has 9 heteroatoms. The second kappa shape index (κ2) is 7.39. The van der Waals surface area contributed by atoms with Crippen LogP contribution in [0.5, 0.6) is 0 Å². The van der Waals surface area contributed by atoms with Crippen molar-refractivity contribution in [3.63, 3.8) is 0 Å². The highest BCUT2D eigenvalue weighted by Gasteiger charge is 2.51. The summed E-state index contributed by atoms with van der Waals surface area (Å²) in [5.41, 5.74) is -2.85. The van der Waals surface area contributed by atoms with Gasteiger partial charge in [0.1, 0.15) is 33.4 Å². The molecule has 1 saturated heterocycles. The van der Waals surface area contributed by atoms with E-state index in [0.717, 1.165) is 6.07 Å². The molecule has 0 saturated carbocycles. The summed E-state index contributed by atoms with van der Waals surface area (Å²) in [7, 11) is 0. The van der Waals surface area contributed by atoms with E-state index in [1.165, 1.54) is 11.0 Å². The minimum atomic E-state index is -1.32. The topological polar surface area (TPSA) is 67.9 Å². The first-order valence-corrected chi connectivity index (χ1v) is 9.14. The molecule has 1 aliphatic rings. The van der Waals surface area contributed by atoms with E-state index in [1.807, 2.05) is 0 Å². The van der Waals surface area contributed by atoms with Gasteiger partial charge in [0.05, 0.1) is 13.1 Å². The van der Waals surface area contributed by atoms with Gasteiger partial charge >= 0.3 is 12.2 Å². The summed E-state index contributed by atoms with van der Waals surface area (Å²) in [6.45, 7) is 10.0. The van der Waals surface area contributed by atoms with Crippen LogP contribution in [-0.4, -0.2) is 41.4 Å². The average Bonchev–Trinajstić information content (AvgIpc) is 2.45. The van der Waals surface area contributed by atoms with Crippen molar-refractivity contribution in [2.45, 2.75) is 58.3 Å². The van der Waals surface area contributed by atoms with E-state index < -0.39 is 45.6 Å². The summed E-state index contributed by atoms with van der Waals surface area (Å²) in [4.78, 5) is 25.9. The largest absolute Gasteiger partial charge is 0.444 e. The Morgan fingerprint density at radius 2 is 1.61 bits per heavy atom. The van der Waals surface area contributed by atoms with Crippen molar-refractivity contribution in [2.24, 2.45) is 0 Å². The summed E-state index contributed by atoms with van der Waals surface area (Å²) in [5, 5.41) is 1.92. The van der Waals surface area contributed by atoms with Gasteiger partial charge in [-0.25, -0.2) is 18.4 Å². The predicted molar refractivity (Wildman–Crippen MR) is 100 cm³/mol. The number of nitrogens with zero attached hydrogens (tertiary/aromatic N) is 1. The molecule has 1 aromatic carbocycles. The van der Waals surface area contributed by atoms with Gasteiger partial charge in [0, 0.05) is 5.56 Å². The fourth-order valence-corrected chi connectivity index (χ4v) is 2.94. The molecule has 1 fully saturated rings. The zero-order valence-corrected chi connectivity index (χ0v) is 17.5. The number of benzene rings is 1. The zero-order valence-electron chi connectivity index (χ0n) is 16.8. The van der Waals surface area contributed by atoms with Crippen molar-refractivity contribution in [3.8, 4) is 0 Å². The number of hydrogen-bond acceptors (Lipinski definition) is 4. The molecule has 1 heterocycles. The highest BCUT2D eigenvalue weighted by Crippen LogP contribution is 2.37. The SMILES string of the molecule is CC(C)(C)OC(=O)NC1(c2ccc(F)c(Cl)c2F)CN(C(=O)OC(C)(C)C)C1. The molecule has 0 spiro atoms. The van der Waals surface area contributed by atoms with Crippen LogP contribution in [-0.2, 0) is 15.0 Å². The Labute approximate surface area is 168 Å². The minimum absolute atomic E-state index is 0.0374. The van der Waals surface area contributed by atoms with E-state index >= 15 is 0 Å². The molecule has 0 atom stereocenters. The van der Waals surface area contributed by atoms with Gasteiger partial charge in [0.2, 0.25) is 0 Å². The number of nitrogens with one attached hydrogen (secondary N) is 1. The Morgan fingerprint density at radius 1 is 1.07 bits per heavy atom. The first kappa shape index (κ1) is 22.2. The lowest BCUT2D eigenvalue weighted by Crippen LogP contribution is -2.69. The molecule has 1 aromatic rings. The molecule has 28 heavy (non-hydrogen) atoms. The van der Waals surface area contributed by atoms with Gasteiger partial charge in [-0.05, 0) is 47.6 Å². The van der Waals surface area contributed by atoms with E-state index in [1.54, 1.807) is 41.5 Å². The van der Waals surface area contributed by atoms with Crippen molar-refractivity contribution < 1.29 is 27.8 Å². The molecule has 1 N–H and O–H groups in total. The Hall–Kier alpha value is -2.09. The molecular formula is C19H25ClF2N2O4. The number of ether oxygens (including phenoxy) is 2. The Kier molecular flexibility index (Phi) is 5.86. The average molecular weight is 419 g/mol. The molecule has 2 amide bonds. The van der Waals surface area contributed by atoms with Gasteiger partial charge in [-0.2, -0.15) is 0 Å². The fraction of sp³-hybridized carbons (Fsp3) is 0.579.